The number of rotatable bonds is 6. The minimum absolute atomic E-state index is 0.111. The Hall–Kier alpha value is -4.21. The standard InChI is InChI=1S/C23H21F3N8O4/c1-27-21(37)17-15(35)16(36)22(38-17)34-10-30-14-19(29-9-12-5-2-6-13(31-12)23(24,25)26)32-18(33-20(14)34)11-4-3-7-28-8-11/h2-8,10,15-17,22,35-36H,9H2,1H3,(H,27,37)(H,29,32,33)/t15-,16+,17-,22+/m0/s1. The van der Waals surface area contributed by atoms with Crippen LogP contribution in [0.1, 0.15) is 17.6 Å². The fourth-order valence-electron chi connectivity index (χ4n) is 4.01. The maximum Gasteiger partial charge on any atom is 0.433 e. The van der Waals surface area contributed by atoms with Gasteiger partial charge in [0.15, 0.2) is 35.1 Å². The van der Waals surface area contributed by atoms with Gasteiger partial charge in [0.25, 0.3) is 5.91 Å². The Labute approximate surface area is 212 Å². The fraction of sp³-hybridized carbons (Fsp3) is 0.304. The second-order valence-electron chi connectivity index (χ2n) is 8.37. The number of alkyl halides is 3. The van der Waals surface area contributed by atoms with E-state index in [1.165, 1.54) is 36.3 Å². The Morgan fingerprint density at radius 3 is 2.66 bits per heavy atom. The lowest BCUT2D eigenvalue weighted by Gasteiger charge is -2.17. The van der Waals surface area contributed by atoms with Crippen LogP contribution < -0.4 is 10.6 Å². The molecule has 4 aromatic rings. The Morgan fingerprint density at radius 2 is 1.95 bits per heavy atom. The SMILES string of the molecule is CNC(=O)[C@H]1O[C@@H](n2cnc3c(NCc4cccc(C(F)(F)F)n4)nc(-c4cccnc4)nc32)[C@H](O)[C@@H]1O. The molecule has 0 aliphatic carbocycles. The summed E-state index contributed by atoms with van der Waals surface area (Å²) in [5.74, 6) is -0.254. The predicted molar refractivity (Wildman–Crippen MR) is 125 cm³/mol. The summed E-state index contributed by atoms with van der Waals surface area (Å²) < 4.78 is 46.3. The van der Waals surface area contributed by atoms with Gasteiger partial charge in [-0.25, -0.2) is 19.9 Å². The third kappa shape index (κ3) is 4.73. The number of likely N-dealkylation sites (N-methyl/N-ethyl adjacent to an activating group) is 1. The summed E-state index contributed by atoms with van der Waals surface area (Å²) >= 11 is 0. The lowest BCUT2D eigenvalue weighted by atomic mass is 10.1. The molecule has 4 aromatic heterocycles. The molecule has 4 atom stereocenters. The molecule has 1 aliphatic rings. The van der Waals surface area contributed by atoms with Gasteiger partial charge in [-0.2, -0.15) is 13.2 Å². The number of anilines is 1. The van der Waals surface area contributed by atoms with E-state index in [0.717, 1.165) is 6.07 Å². The van der Waals surface area contributed by atoms with Crippen LogP contribution in [0.2, 0.25) is 0 Å². The first-order chi connectivity index (χ1) is 18.2. The van der Waals surface area contributed by atoms with Crippen LogP contribution in [0.25, 0.3) is 22.6 Å². The number of halogens is 3. The number of amides is 1. The molecule has 38 heavy (non-hydrogen) atoms. The highest BCUT2D eigenvalue weighted by molar-refractivity contribution is 5.85. The normalized spacial score (nSPS) is 21.5. The maximum atomic E-state index is 13.1. The number of nitrogens with one attached hydrogen (secondary N) is 2. The van der Waals surface area contributed by atoms with E-state index in [1.807, 2.05) is 0 Å². The minimum Gasteiger partial charge on any atom is -0.387 e. The molecule has 15 heteroatoms. The van der Waals surface area contributed by atoms with E-state index in [1.54, 1.807) is 18.3 Å². The highest BCUT2D eigenvalue weighted by atomic mass is 19.4. The summed E-state index contributed by atoms with van der Waals surface area (Å²) in [7, 11) is 1.37. The quantitative estimate of drug-likeness (QED) is 0.286. The number of aliphatic hydroxyl groups is 2. The summed E-state index contributed by atoms with van der Waals surface area (Å²) in [6, 6.07) is 6.95. The summed E-state index contributed by atoms with van der Waals surface area (Å²) in [5, 5.41) is 26.3. The number of ether oxygens (including phenoxy) is 1. The van der Waals surface area contributed by atoms with Gasteiger partial charge in [-0.05, 0) is 24.3 Å². The molecule has 198 valence electrons. The van der Waals surface area contributed by atoms with E-state index in [2.05, 4.69) is 35.6 Å². The second-order valence-corrected chi connectivity index (χ2v) is 8.37. The number of fused-ring (bicyclic) bond motifs is 1. The lowest BCUT2D eigenvalue weighted by Crippen LogP contribution is -2.41. The Morgan fingerprint density at radius 1 is 1.13 bits per heavy atom. The molecule has 0 radical (unpaired) electrons. The van der Waals surface area contributed by atoms with Crippen molar-refractivity contribution in [1.29, 1.82) is 0 Å². The average molecular weight is 530 g/mol. The van der Waals surface area contributed by atoms with Crippen molar-refractivity contribution in [2.45, 2.75) is 37.3 Å². The number of carbonyl (C=O) groups excluding carboxylic acids is 1. The van der Waals surface area contributed by atoms with Crippen molar-refractivity contribution in [2.75, 3.05) is 12.4 Å². The van der Waals surface area contributed by atoms with Gasteiger partial charge in [0, 0.05) is 25.0 Å². The van der Waals surface area contributed by atoms with Crippen molar-refractivity contribution < 1.29 is 32.9 Å². The molecule has 1 saturated heterocycles. The van der Waals surface area contributed by atoms with Crippen LogP contribution in [-0.2, 0) is 22.3 Å². The summed E-state index contributed by atoms with van der Waals surface area (Å²) in [6.07, 6.45) is -5.76. The lowest BCUT2D eigenvalue weighted by molar-refractivity contribution is -0.141. The topological polar surface area (TPSA) is 160 Å². The van der Waals surface area contributed by atoms with E-state index in [0.29, 0.717) is 5.56 Å². The molecule has 12 nitrogen and oxygen atoms in total. The zero-order chi connectivity index (χ0) is 27.0. The molecule has 5 heterocycles. The third-order valence-corrected chi connectivity index (χ3v) is 5.89. The first kappa shape index (κ1) is 25.4. The molecule has 1 aliphatic heterocycles. The van der Waals surface area contributed by atoms with Crippen molar-refractivity contribution in [1.82, 2.24) is 34.8 Å². The maximum absolute atomic E-state index is 13.1. The van der Waals surface area contributed by atoms with Crippen molar-refractivity contribution in [3.8, 4) is 11.4 Å². The van der Waals surface area contributed by atoms with Crippen molar-refractivity contribution >= 4 is 22.9 Å². The molecule has 1 amide bonds. The summed E-state index contributed by atoms with van der Waals surface area (Å²) in [4.78, 5) is 33.1. The summed E-state index contributed by atoms with van der Waals surface area (Å²) in [5.41, 5.74) is -0.00869. The molecule has 0 saturated carbocycles. The second kappa shape index (κ2) is 9.92. The van der Waals surface area contributed by atoms with Crippen LogP contribution in [0, 0.1) is 0 Å². The average Bonchev–Trinajstić information content (AvgIpc) is 3.47. The van der Waals surface area contributed by atoms with Crippen molar-refractivity contribution in [3.63, 3.8) is 0 Å². The summed E-state index contributed by atoms with van der Waals surface area (Å²) in [6.45, 7) is -0.116. The van der Waals surface area contributed by atoms with E-state index in [9.17, 15) is 28.2 Å². The van der Waals surface area contributed by atoms with Crippen molar-refractivity contribution in [3.05, 3.63) is 60.4 Å². The molecule has 0 spiro atoms. The van der Waals surface area contributed by atoms with Gasteiger partial charge in [0.05, 0.1) is 18.6 Å². The first-order valence-corrected chi connectivity index (χ1v) is 11.3. The highest BCUT2D eigenvalue weighted by Gasteiger charge is 2.47. The first-order valence-electron chi connectivity index (χ1n) is 11.3. The van der Waals surface area contributed by atoms with Crippen LogP contribution in [0.3, 0.4) is 0 Å². The van der Waals surface area contributed by atoms with E-state index < -0.39 is 42.3 Å². The van der Waals surface area contributed by atoms with Crippen LogP contribution in [0.5, 0.6) is 0 Å². The molecular formula is C23H21F3N8O4. The number of nitrogens with zero attached hydrogens (tertiary/aromatic N) is 6. The van der Waals surface area contributed by atoms with Crippen LogP contribution in [0.15, 0.2) is 49.1 Å². The molecule has 5 rings (SSSR count). The smallest absolute Gasteiger partial charge is 0.387 e. The number of aromatic nitrogens is 6. The molecule has 0 bridgehead atoms. The van der Waals surface area contributed by atoms with Gasteiger partial charge >= 0.3 is 6.18 Å². The molecule has 0 aromatic carbocycles. The zero-order valence-corrected chi connectivity index (χ0v) is 19.7. The Balaban J connectivity index is 1.54. The van der Waals surface area contributed by atoms with Crippen LogP contribution >= 0.6 is 0 Å². The van der Waals surface area contributed by atoms with Gasteiger partial charge < -0.3 is 25.6 Å². The van der Waals surface area contributed by atoms with Gasteiger partial charge in [-0.15, -0.1) is 0 Å². The van der Waals surface area contributed by atoms with Crippen LogP contribution in [-0.4, -0.2) is 71.0 Å². The Bertz CT molecular complexity index is 1470. The van der Waals surface area contributed by atoms with Gasteiger partial charge in [-0.3, -0.25) is 14.3 Å². The van der Waals surface area contributed by atoms with Gasteiger partial charge in [0.2, 0.25) is 0 Å². The van der Waals surface area contributed by atoms with Crippen molar-refractivity contribution in [2.24, 2.45) is 0 Å². The number of carbonyl (C=O) groups is 1. The molecule has 0 unspecified atom stereocenters. The largest absolute Gasteiger partial charge is 0.433 e. The third-order valence-electron chi connectivity index (χ3n) is 5.89. The predicted octanol–water partition coefficient (Wildman–Crippen LogP) is 1.28. The minimum atomic E-state index is -4.59. The number of imidazole rings is 1. The monoisotopic (exact) mass is 530 g/mol. The fourth-order valence-corrected chi connectivity index (χ4v) is 4.01. The molecule has 1 fully saturated rings. The van der Waals surface area contributed by atoms with E-state index in [-0.39, 0.29) is 35.0 Å². The number of hydrogen-bond donors (Lipinski definition) is 4. The highest BCUT2D eigenvalue weighted by Crippen LogP contribution is 2.34. The molecular weight excluding hydrogens is 509 g/mol. The van der Waals surface area contributed by atoms with E-state index >= 15 is 0 Å². The molecule has 4 N–H and O–H groups in total. The zero-order valence-electron chi connectivity index (χ0n) is 19.7. The van der Waals surface area contributed by atoms with Gasteiger partial charge in [0.1, 0.15) is 17.9 Å². The number of hydrogen-bond acceptors (Lipinski definition) is 10. The number of pyridine rings is 2. The number of aliphatic hydroxyl groups excluding tert-OH is 2. The van der Waals surface area contributed by atoms with E-state index in [4.69, 9.17) is 4.74 Å². The van der Waals surface area contributed by atoms with Gasteiger partial charge in [-0.1, -0.05) is 6.07 Å². The Kier molecular flexibility index (Phi) is 6.64. The van der Waals surface area contributed by atoms with Crippen LogP contribution in [0.4, 0.5) is 19.0 Å².